The van der Waals surface area contributed by atoms with Gasteiger partial charge >= 0.3 is 5.97 Å². The topological polar surface area (TPSA) is 26.3 Å². The van der Waals surface area contributed by atoms with Crippen molar-refractivity contribution in [2.75, 3.05) is 6.61 Å². The molecule has 0 rings (SSSR count). The lowest BCUT2D eigenvalue weighted by Crippen LogP contribution is -1.99. The van der Waals surface area contributed by atoms with Gasteiger partial charge in [0, 0.05) is 11.6 Å². The molecule has 0 heterocycles. The zero-order valence-electron chi connectivity index (χ0n) is 4.63. The van der Waals surface area contributed by atoms with Gasteiger partial charge in [-0.05, 0) is 0 Å². The van der Waals surface area contributed by atoms with Crippen molar-refractivity contribution >= 4 is 17.6 Å². The third kappa shape index (κ3) is 4.92. The normalized spacial score (nSPS) is 8.89. The van der Waals surface area contributed by atoms with Crippen LogP contribution >= 0.6 is 11.6 Å². The summed E-state index contributed by atoms with van der Waals surface area (Å²) in [6, 6.07) is 0. The fourth-order valence-corrected chi connectivity index (χ4v) is 0.315. The summed E-state index contributed by atoms with van der Waals surface area (Å²) in [6.07, 6.45) is 5.87. The molecule has 0 bridgehead atoms. The molecule has 0 unspecified atom stereocenters. The van der Waals surface area contributed by atoms with Gasteiger partial charge in [-0.1, -0.05) is 17.5 Å². The van der Waals surface area contributed by atoms with Crippen LogP contribution in [-0.4, -0.2) is 12.6 Å². The summed E-state index contributed by atoms with van der Waals surface area (Å²) < 4.78 is 4.39. The summed E-state index contributed by atoms with van der Waals surface area (Å²) in [5, 5.41) is 0. The van der Waals surface area contributed by atoms with Crippen LogP contribution in [0.4, 0.5) is 0 Å². The Hall–Kier alpha value is -0.940. The van der Waals surface area contributed by atoms with Crippen LogP contribution in [0.1, 0.15) is 0 Å². The summed E-state index contributed by atoms with van der Waals surface area (Å²) in [7, 11) is 0. The van der Waals surface area contributed by atoms with Gasteiger partial charge in [0.1, 0.15) is 0 Å². The molecule has 0 radical (unpaired) electrons. The molecule has 0 aliphatic rings. The standard InChI is InChI=1S/C6H5ClO2/c1-2-5-9-6(8)3-4-7/h1,3-4H,5H2/b4-3-. The Labute approximate surface area is 58.5 Å². The van der Waals surface area contributed by atoms with Crippen molar-refractivity contribution in [2.24, 2.45) is 0 Å². The number of halogens is 1. The fraction of sp³-hybridized carbons (Fsp3) is 0.167. The molecule has 0 aliphatic heterocycles. The number of hydrogen-bond donors (Lipinski definition) is 0. The predicted octanol–water partition coefficient (Wildman–Crippen LogP) is 0.915. The van der Waals surface area contributed by atoms with E-state index in [1.165, 1.54) is 0 Å². The van der Waals surface area contributed by atoms with Gasteiger partial charge < -0.3 is 4.74 Å². The Bertz CT molecular complexity index is 155. The summed E-state index contributed by atoms with van der Waals surface area (Å²) >= 11 is 5.04. The summed E-state index contributed by atoms with van der Waals surface area (Å²) in [4.78, 5) is 10.3. The van der Waals surface area contributed by atoms with Crippen molar-refractivity contribution in [3.8, 4) is 12.3 Å². The molecular weight excluding hydrogens is 140 g/mol. The average Bonchev–Trinajstić information content (AvgIpc) is 1.85. The Morgan fingerprint density at radius 3 is 3.00 bits per heavy atom. The van der Waals surface area contributed by atoms with Crippen LogP contribution in [-0.2, 0) is 9.53 Å². The molecule has 0 saturated carbocycles. The van der Waals surface area contributed by atoms with E-state index in [9.17, 15) is 4.79 Å². The molecule has 3 heteroatoms. The number of hydrogen-bond acceptors (Lipinski definition) is 2. The van der Waals surface area contributed by atoms with Gasteiger partial charge in [0.25, 0.3) is 0 Å². The van der Waals surface area contributed by atoms with E-state index in [0.29, 0.717) is 0 Å². The molecular formula is C6H5ClO2. The molecule has 0 aromatic rings. The van der Waals surface area contributed by atoms with Crippen LogP contribution in [0.5, 0.6) is 0 Å². The zero-order valence-corrected chi connectivity index (χ0v) is 5.39. The van der Waals surface area contributed by atoms with E-state index in [-0.39, 0.29) is 6.61 Å². The van der Waals surface area contributed by atoms with Crippen molar-refractivity contribution < 1.29 is 9.53 Å². The molecule has 2 nitrogen and oxygen atoms in total. The highest BCUT2D eigenvalue weighted by molar-refractivity contribution is 6.26. The molecule has 0 spiro atoms. The maximum atomic E-state index is 10.3. The van der Waals surface area contributed by atoms with Crippen molar-refractivity contribution in [3.05, 3.63) is 11.6 Å². The Morgan fingerprint density at radius 1 is 1.89 bits per heavy atom. The second kappa shape index (κ2) is 5.20. The number of carbonyl (C=O) groups is 1. The zero-order chi connectivity index (χ0) is 7.11. The van der Waals surface area contributed by atoms with Crippen LogP contribution in [0.15, 0.2) is 11.6 Å². The lowest BCUT2D eigenvalue weighted by atomic mass is 10.6. The molecule has 0 aliphatic carbocycles. The Balaban J connectivity index is 3.42. The molecule has 0 fully saturated rings. The molecule has 0 amide bonds. The predicted molar refractivity (Wildman–Crippen MR) is 34.8 cm³/mol. The van der Waals surface area contributed by atoms with Crippen molar-refractivity contribution in [1.82, 2.24) is 0 Å². The molecule has 0 saturated heterocycles. The largest absolute Gasteiger partial charge is 0.449 e. The van der Waals surface area contributed by atoms with Crippen LogP contribution in [0.2, 0.25) is 0 Å². The highest BCUT2D eigenvalue weighted by atomic mass is 35.5. The van der Waals surface area contributed by atoms with Gasteiger partial charge in [-0.15, -0.1) is 6.42 Å². The summed E-state index contributed by atoms with van der Waals surface area (Å²) in [6.45, 7) is -0.0138. The number of rotatable bonds is 2. The average molecular weight is 145 g/mol. The summed E-state index contributed by atoms with van der Waals surface area (Å²) in [5.41, 5.74) is 1.07. The van der Waals surface area contributed by atoms with Crippen LogP contribution in [0.25, 0.3) is 0 Å². The highest BCUT2D eigenvalue weighted by Crippen LogP contribution is 1.82. The van der Waals surface area contributed by atoms with Crippen molar-refractivity contribution in [1.29, 1.82) is 0 Å². The van der Waals surface area contributed by atoms with Crippen molar-refractivity contribution in [3.63, 3.8) is 0 Å². The minimum atomic E-state index is -0.525. The van der Waals surface area contributed by atoms with Gasteiger partial charge in [0.15, 0.2) is 6.61 Å². The second-order valence-corrected chi connectivity index (χ2v) is 1.36. The number of esters is 1. The van der Waals surface area contributed by atoms with Crippen LogP contribution < -0.4 is 0 Å². The van der Waals surface area contributed by atoms with E-state index in [0.717, 1.165) is 11.6 Å². The smallest absolute Gasteiger partial charge is 0.332 e. The van der Waals surface area contributed by atoms with E-state index in [4.69, 9.17) is 18.0 Å². The van der Waals surface area contributed by atoms with E-state index in [1.807, 2.05) is 0 Å². The van der Waals surface area contributed by atoms with Gasteiger partial charge in [-0.3, -0.25) is 0 Å². The Morgan fingerprint density at radius 2 is 2.56 bits per heavy atom. The lowest BCUT2D eigenvalue weighted by molar-refractivity contribution is -0.136. The minimum Gasteiger partial charge on any atom is -0.449 e. The minimum absolute atomic E-state index is 0.0138. The van der Waals surface area contributed by atoms with Gasteiger partial charge in [0.2, 0.25) is 0 Å². The first-order valence-electron chi connectivity index (χ1n) is 2.18. The van der Waals surface area contributed by atoms with E-state index in [2.05, 4.69) is 10.7 Å². The van der Waals surface area contributed by atoms with Gasteiger partial charge in [-0.25, -0.2) is 4.79 Å². The monoisotopic (exact) mass is 144 g/mol. The first-order valence-corrected chi connectivity index (χ1v) is 2.62. The molecule has 0 N–H and O–H groups in total. The number of ether oxygens (including phenoxy) is 1. The van der Waals surface area contributed by atoms with Crippen LogP contribution in [0, 0.1) is 12.3 Å². The maximum absolute atomic E-state index is 10.3. The molecule has 48 valence electrons. The quantitative estimate of drug-likeness (QED) is 0.327. The third-order valence-corrected chi connectivity index (χ3v) is 0.623. The van der Waals surface area contributed by atoms with E-state index in [1.54, 1.807) is 0 Å². The van der Waals surface area contributed by atoms with E-state index >= 15 is 0 Å². The molecule has 9 heavy (non-hydrogen) atoms. The number of carbonyl (C=O) groups excluding carboxylic acids is 1. The molecule has 0 atom stereocenters. The lowest BCUT2D eigenvalue weighted by Gasteiger charge is -1.90. The van der Waals surface area contributed by atoms with E-state index < -0.39 is 5.97 Å². The first kappa shape index (κ1) is 8.06. The van der Waals surface area contributed by atoms with Crippen molar-refractivity contribution in [2.45, 2.75) is 0 Å². The molecule has 0 aromatic heterocycles. The SMILES string of the molecule is C#CCOC(=O)/C=C\Cl. The third-order valence-electron chi connectivity index (χ3n) is 0.497. The first-order chi connectivity index (χ1) is 4.31. The number of terminal acetylenes is 1. The second-order valence-electron chi connectivity index (χ2n) is 1.10. The van der Waals surface area contributed by atoms with Gasteiger partial charge in [0.05, 0.1) is 0 Å². The van der Waals surface area contributed by atoms with Crippen LogP contribution in [0.3, 0.4) is 0 Å². The highest BCUT2D eigenvalue weighted by Gasteiger charge is 1.90. The van der Waals surface area contributed by atoms with Gasteiger partial charge in [-0.2, -0.15) is 0 Å². The summed E-state index contributed by atoms with van der Waals surface area (Å²) in [5.74, 6) is 1.61. The maximum Gasteiger partial charge on any atom is 0.332 e. The fourth-order valence-electron chi connectivity index (χ4n) is 0.212. The molecule has 0 aromatic carbocycles. The Kier molecular flexibility index (Phi) is 4.66.